The highest BCUT2D eigenvalue weighted by Crippen LogP contribution is 2.34. The van der Waals surface area contributed by atoms with E-state index in [0.717, 1.165) is 0 Å². The summed E-state index contributed by atoms with van der Waals surface area (Å²) in [5, 5.41) is 11.1. The van der Waals surface area contributed by atoms with E-state index in [-0.39, 0.29) is 25.4 Å². The summed E-state index contributed by atoms with van der Waals surface area (Å²) in [5.74, 6) is -0.716. The summed E-state index contributed by atoms with van der Waals surface area (Å²) in [6.07, 6.45) is 1.12. The van der Waals surface area contributed by atoms with Gasteiger partial charge in [0, 0.05) is 18.0 Å². The van der Waals surface area contributed by atoms with Gasteiger partial charge < -0.3 is 23.9 Å². The van der Waals surface area contributed by atoms with Gasteiger partial charge in [0.05, 0.1) is 18.5 Å². The molecule has 8 heteroatoms. The van der Waals surface area contributed by atoms with E-state index in [1.807, 2.05) is 0 Å². The second-order valence-electron chi connectivity index (χ2n) is 7.20. The fourth-order valence-electron chi connectivity index (χ4n) is 3.61. The van der Waals surface area contributed by atoms with Crippen molar-refractivity contribution in [3.63, 3.8) is 0 Å². The Morgan fingerprint density at radius 3 is 2.69 bits per heavy atom. The number of pyridine rings is 1. The molecule has 0 bridgehead atoms. The zero-order valence-corrected chi connectivity index (χ0v) is 17.6. The van der Waals surface area contributed by atoms with Gasteiger partial charge in [-0.15, -0.1) is 0 Å². The number of Topliss-reactive ketones (excluding diaryl/α,β-unsaturated/α-hetero) is 1. The van der Waals surface area contributed by atoms with Gasteiger partial charge in [-0.3, -0.25) is 14.4 Å². The SMILES string of the molecule is CCOC(=O)CC(=Cc1ccc2c(c1)OCO2)C(=O)c1c(O)c2ccccc2n(C)c1=O. The monoisotopic (exact) mass is 435 g/mol. The van der Waals surface area contributed by atoms with Crippen LogP contribution in [0, 0.1) is 0 Å². The topological polar surface area (TPSA) is 104 Å². The lowest BCUT2D eigenvalue weighted by Gasteiger charge is -2.13. The molecule has 0 aliphatic carbocycles. The Morgan fingerprint density at radius 2 is 1.91 bits per heavy atom. The van der Waals surface area contributed by atoms with E-state index in [9.17, 15) is 19.5 Å². The summed E-state index contributed by atoms with van der Waals surface area (Å²) in [6.45, 7) is 1.90. The van der Waals surface area contributed by atoms with Gasteiger partial charge in [-0.25, -0.2) is 0 Å². The molecule has 0 amide bonds. The Kier molecular flexibility index (Phi) is 5.68. The number of aryl methyl sites for hydroxylation is 1. The van der Waals surface area contributed by atoms with Gasteiger partial charge >= 0.3 is 5.97 Å². The number of carbonyl (C=O) groups excluding carboxylic acids is 2. The lowest BCUT2D eigenvalue weighted by molar-refractivity contribution is -0.142. The molecule has 0 saturated carbocycles. The number of para-hydroxylation sites is 1. The van der Waals surface area contributed by atoms with Gasteiger partial charge in [-0.1, -0.05) is 18.2 Å². The number of hydrogen-bond donors (Lipinski definition) is 1. The molecule has 2 aromatic carbocycles. The van der Waals surface area contributed by atoms with Crippen molar-refractivity contribution in [1.82, 2.24) is 4.57 Å². The molecule has 0 fully saturated rings. The van der Waals surface area contributed by atoms with Crippen LogP contribution in [0.3, 0.4) is 0 Å². The smallest absolute Gasteiger partial charge is 0.310 e. The van der Waals surface area contributed by atoms with Gasteiger partial charge in [-0.2, -0.15) is 0 Å². The van der Waals surface area contributed by atoms with E-state index >= 15 is 0 Å². The normalized spacial score (nSPS) is 12.8. The molecule has 4 rings (SSSR count). The summed E-state index contributed by atoms with van der Waals surface area (Å²) in [7, 11) is 1.52. The van der Waals surface area contributed by atoms with E-state index in [1.165, 1.54) is 17.7 Å². The minimum atomic E-state index is -0.750. The van der Waals surface area contributed by atoms with Gasteiger partial charge in [0.1, 0.15) is 11.3 Å². The number of ketones is 1. The van der Waals surface area contributed by atoms with Crippen LogP contribution in [0.5, 0.6) is 17.2 Å². The molecule has 0 spiro atoms. The van der Waals surface area contributed by atoms with E-state index in [2.05, 4.69) is 0 Å². The third kappa shape index (κ3) is 3.82. The van der Waals surface area contributed by atoms with Crippen LogP contribution in [0.2, 0.25) is 0 Å². The van der Waals surface area contributed by atoms with E-state index in [1.54, 1.807) is 49.4 Å². The van der Waals surface area contributed by atoms with Crippen LogP contribution in [-0.2, 0) is 16.6 Å². The number of hydrogen-bond acceptors (Lipinski definition) is 7. The minimum Gasteiger partial charge on any atom is -0.506 e. The first-order valence-electron chi connectivity index (χ1n) is 10.0. The summed E-state index contributed by atoms with van der Waals surface area (Å²) in [5.41, 5.74) is -0.00335. The van der Waals surface area contributed by atoms with Crippen LogP contribution in [0.15, 0.2) is 52.8 Å². The maximum Gasteiger partial charge on any atom is 0.310 e. The van der Waals surface area contributed by atoms with Crippen molar-refractivity contribution in [1.29, 1.82) is 0 Å². The number of esters is 1. The zero-order chi connectivity index (χ0) is 22.8. The molecular formula is C24H21NO7. The van der Waals surface area contributed by atoms with Crippen LogP contribution in [-0.4, -0.2) is 34.8 Å². The van der Waals surface area contributed by atoms with Crippen LogP contribution >= 0.6 is 0 Å². The van der Waals surface area contributed by atoms with Crippen molar-refractivity contribution in [2.75, 3.05) is 13.4 Å². The molecule has 164 valence electrons. The third-order valence-electron chi connectivity index (χ3n) is 5.17. The Balaban J connectivity index is 1.84. The lowest BCUT2D eigenvalue weighted by atomic mass is 9.97. The molecular weight excluding hydrogens is 414 g/mol. The molecule has 1 aliphatic rings. The second kappa shape index (κ2) is 8.58. The van der Waals surface area contributed by atoms with Gasteiger partial charge in [0.25, 0.3) is 5.56 Å². The van der Waals surface area contributed by atoms with E-state index < -0.39 is 28.6 Å². The Morgan fingerprint density at radius 1 is 1.16 bits per heavy atom. The molecule has 0 atom stereocenters. The number of fused-ring (bicyclic) bond motifs is 2. The van der Waals surface area contributed by atoms with Crippen LogP contribution in [0.25, 0.3) is 17.0 Å². The highest BCUT2D eigenvalue weighted by molar-refractivity contribution is 6.16. The molecule has 0 saturated heterocycles. The van der Waals surface area contributed by atoms with Crippen LogP contribution in [0.1, 0.15) is 29.3 Å². The highest BCUT2D eigenvalue weighted by Gasteiger charge is 2.26. The maximum absolute atomic E-state index is 13.5. The minimum absolute atomic E-state index is 0.00463. The Hall–Kier alpha value is -4.07. The molecule has 8 nitrogen and oxygen atoms in total. The third-order valence-corrected chi connectivity index (χ3v) is 5.17. The quantitative estimate of drug-likeness (QED) is 0.360. The number of rotatable bonds is 6. The molecule has 2 heterocycles. The number of aromatic nitrogens is 1. The van der Waals surface area contributed by atoms with Crippen molar-refractivity contribution in [3.05, 3.63) is 69.5 Å². The lowest BCUT2D eigenvalue weighted by Crippen LogP contribution is -2.26. The van der Waals surface area contributed by atoms with Crippen molar-refractivity contribution in [3.8, 4) is 17.2 Å². The molecule has 1 aromatic heterocycles. The Labute approximate surface area is 183 Å². The molecule has 0 unspecified atom stereocenters. The predicted octanol–water partition coefficient (Wildman–Crippen LogP) is 3.19. The van der Waals surface area contributed by atoms with E-state index in [0.29, 0.717) is 28.0 Å². The average molecular weight is 435 g/mol. The van der Waals surface area contributed by atoms with Crippen molar-refractivity contribution in [2.24, 2.45) is 7.05 Å². The number of benzene rings is 2. The molecule has 3 aromatic rings. The standard InChI is InChI=1S/C24H21NO7/c1-3-30-20(26)12-15(10-14-8-9-18-19(11-14)32-13-31-18)22(27)21-23(28)16-6-4-5-7-17(16)25(2)24(21)29/h4-11,28H,3,12-13H2,1-2H3. The maximum atomic E-state index is 13.5. The van der Waals surface area contributed by atoms with E-state index in [4.69, 9.17) is 14.2 Å². The number of nitrogens with zero attached hydrogens (tertiary/aromatic N) is 1. The first kappa shape index (κ1) is 21.2. The van der Waals surface area contributed by atoms with Crippen molar-refractivity contribution >= 4 is 28.7 Å². The average Bonchev–Trinajstić information content (AvgIpc) is 3.25. The summed E-state index contributed by atoms with van der Waals surface area (Å²) < 4.78 is 17.0. The summed E-state index contributed by atoms with van der Waals surface area (Å²) >= 11 is 0. The highest BCUT2D eigenvalue weighted by atomic mass is 16.7. The molecule has 0 radical (unpaired) electrons. The number of carbonyl (C=O) groups is 2. The van der Waals surface area contributed by atoms with Crippen molar-refractivity contribution in [2.45, 2.75) is 13.3 Å². The van der Waals surface area contributed by atoms with Crippen LogP contribution in [0.4, 0.5) is 0 Å². The van der Waals surface area contributed by atoms with Gasteiger partial charge in [-0.05, 0) is 42.8 Å². The zero-order valence-electron chi connectivity index (χ0n) is 17.6. The largest absolute Gasteiger partial charge is 0.506 e. The molecule has 1 aliphatic heterocycles. The number of ether oxygens (including phenoxy) is 3. The summed E-state index contributed by atoms with van der Waals surface area (Å²) in [6, 6.07) is 11.8. The van der Waals surface area contributed by atoms with Gasteiger partial charge in [0.2, 0.25) is 6.79 Å². The predicted molar refractivity (Wildman–Crippen MR) is 117 cm³/mol. The Bertz CT molecular complexity index is 1320. The fourth-order valence-corrected chi connectivity index (χ4v) is 3.61. The first-order chi connectivity index (χ1) is 15.4. The van der Waals surface area contributed by atoms with Crippen LogP contribution < -0.4 is 15.0 Å². The second-order valence-corrected chi connectivity index (χ2v) is 7.20. The fraction of sp³-hybridized carbons (Fsp3) is 0.208. The van der Waals surface area contributed by atoms with Crippen molar-refractivity contribution < 1.29 is 28.9 Å². The first-order valence-corrected chi connectivity index (χ1v) is 10.0. The molecule has 32 heavy (non-hydrogen) atoms. The summed E-state index contributed by atoms with van der Waals surface area (Å²) in [4.78, 5) is 38.6. The number of aromatic hydroxyl groups is 1. The van der Waals surface area contributed by atoms with Gasteiger partial charge in [0.15, 0.2) is 17.3 Å². The molecule has 1 N–H and O–H groups in total.